The van der Waals surface area contributed by atoms with Crippen molar-refractivity contribution in [3.63, 3.8) is 0 Å². The summed E-state index contributed by atoms with van der Waals surface area (Å²) in [6.45, 7) is 1.54. The van der Waals surface area contributed by atoms with Crippen molar-refractivity contribution >= 4 is 5.84 Å². The third-order valence-electron chi connectivity index (χ3n) is 4.23. The molecule has 0 radical (unpaired) electrons. The quantitative estimate of drug-likeness (QED) is 0.248. The van der Waals surface area contributed by atoms with Gasteiger partial charge in [0.05, 0.1) is 0 Å². The lowest BCUT2D eigenvalue weighted by atomic mass is 9.87. The Labute approximate surface area is 125 Å². The lowest BCUT2D eigenvalue weighted by Crippen LogP contribution is -2.22. The van der Waals surface area contributed by atoms with Gasteiger partial charge in [-0.3, -0.25) is 0 Å². The average molecular weight is 293 g/mol. The van der Waals surface area contributed by atoms with Crippen molar-refractivity contribution in [3.05, 3.63) is 35.1 Å². The normalized spacial score (nSPS) is 17.1. The maximum atomic E-state index is 13.3. The second kappa shape index (κ2) is 7.98. The molecule has 0 unspecified atom stereocenters. The van der Waals surface area contributed by atoms with E-state index in [1.165, 1.54) is 50.7 Å². The first-order valence-corrected chi connectivity index (χ1v) is 7.67. The molecule has 1 aromatic carbocycles. The van der Waals surface area contributed by atoms with Crippen LogP contribution in [0.2, 0.25) is 0 Å². The molecule has 0 saturated heterocycles. The van der Waals surface area contributed by atoms with E-state index in [2.05, 4.69) is 10.5 Å². The first-order chi connectivity index (χ1) is 10.2. The van der Waals surface area contributed by atoms with E-state index in [4.69, 9.17) is 10.9 Å². The number of hydrogen-bond donors (Lipinski definition) is 3. The molecule has 1 saturated carbocycles. The van der Waals surface area contributed by atoms with E-state index in [1.807, 2.05) is 0 Å². The highest BCUT2D eigenvalue weighted by atomic mass is 19.1. The van der Waals surface area contributed by atoms with Gasteiger partial charge in [-0.2, -0.15) is 0 Å². The molecule has 5 heteroatoms. The van der Waals surface area contributed by atoms with E-state index < -0.39 is 0 Å². The Kier molecular flexibility index (Phi) is 5.99. The number of oxime groups is 1. The summed E-state index contributed by atoms with van der Waals surface area (Å²) >= 11 is 0. The van der Waals surface area contributed by atoms with Crippen LogP contribution in [-0.4, -0.2) is 17.6 Å². The van der Waals surface area contributed by atoms with Crippen molar-refractivity contribution < 1.29 is 9.60 Å². The van der Waals surface area contributed by atoms with Crippen LogP contribution >= 0.6 is 0 Å². The third kappa shape index (κ3) is 4.70. The minimum atomic E-state index is -0.387. The second-order valence-corrected chi connectivity index (χ2v) is 5.76. The predicted molar refractivity (Wildman–Crippen MR) is 81.8 cm³/mol. The van der Waals surface area contributed by atoms with Gasteiger partial charge < -0.3 is 16.3 Å². The van der Waals surface area contributed by atoms with Crippen LogP contribution < -0.4 is 11.1 Å². The maximum Gasteiger partial charge on any atom is 0.170 e. The zero-order valence-electron chi connectivity index (χ0n) is 12.3. The first-order valence-electron chi connectivity index (χ1n) is 7.67. The molecule has 0 aliphatic heterocycles. The first kappa shape index (κ1) is 15.8. The fourth-order valence-electron chi connectivity index (χ4n) is 3.00. The van der Waals surface area contributed by atoms with Crippen molar-refractivity contribution in [2.75, 3.05) is 6.54 Å². The molecule has 2 rings (SSSR count). The Morgan fingerprint density at radius 2 is 2.10 bits per heavy atom. The molecule has 4 nitrogen and oxygen atoms in total. The fourth-order valence-corrected chi connectivity index (χ4v) is 3.00. The molecule has 0 bridgehead atoms. The van der Waals surface area contributed by atoms with Gasteiger partial charge in [-0.25, -0.2) is 4.39 Å². The van der Waals surface area contributed by atoms with Gasteiger partial charge in [-0.05, 0) is 36.6 Å². The van der Waals surface area contributed by atoms with E-state index in [-0.39, 0.29) is 11.7 Å². The Morgan fingerprint density at radius 1 is 1.33 bits per heavy atom. The number of rotatable bonds is 6. The lowest BCUT2D eigenvalue weighted by Gasteiger charge is -2.21. The Hall–Kier alpha value is -1.62. The van der Waals surface area contributed by atoms with E-state index in [0.717, 1.165) is 18.0 Å². The van der Waals surface area contributed by atoms with Crippen LogP contribution in [0.4, 0.5) is 4.39 Å². The van der Waals surface area contributed by atoms with E-state index in [0.29, 0.717) is 12.1 Å². The third-order valence-corrected chi connectivity index (χ3v) is 4.23. The molecule has 0 spiro atoms. The van der Waals surface area contributed by atoms with Gasteiger partial charge >= 0.3 is 0 Å². The topological polar surface area (TPSA) is 70.6 Å². The van der Waals surface area contributed by atoms with Crippen molar-refractivity contribution in [2.24, 2.45) is 16.8 Å². The summed E-state index contributed by atoms with van der Waals surface area (Å²) in [5, 5.41) is 15.1. The lowest BCUT2D eigenvalue weighted by molar-refractivity contribution is 0.318. The smallest absolute Gasteiger partial charge is 0.170 e. The highest BCUT2D eigenvalue weighted by molar-refractivity contribution is 5.98. The van der Waals surface area contributed by atoms with Crippen LogP contribution in [0.15, 0.2) is 23.4 Å². The number of amidine groups is 1. The number of benzene rings is 1. The van der Waals surface area contributed by atoms with E-state index in [1.54, 1.807) is 6.07 Å². The summed E-state index contributed by atoms with van der Waals surface area (Å²) in [5.74, 6) is 0.393. The van der Waals surface area contributed by atoms with Crippen LogP contribution in [0, 0.1) is 11.7 Å². The largest absolute Gasteiger partial charge is 0.409 e. The molecule has 1 aliphatic carbocycles. The van der Waals surface area contributed by atoms with Crippen LogP contribution in [0.25, 0.3) is 0 Å². The summed E-state index contributed by atoms with van der Waals surface area (Å²) < 4.78 is 13.3. The number of halogens is 1. The van der Waals surface area contributed by atoms with Gasteiger partial charge in [-0.1, -0.05) is 43.3 Å². The molecule has 1 aliphatic rings. The highest BCUT2D eigenvalue weighted by Gasteiger charge is 2.13. The molecule has 21 heavy (non-hydrogen) atoms. The van der Waals surface area contributed by atoms with Crippen molar-refractivity contribution in [3.8, 4) is 0 Å². The summed E-state index contributed by atoms with van der Waals surface area (Å²) in [5.41, 5.74) is 6.88. The van der Waals surface area contributed by atoms with Crippen LogP contribution in [0.1, 0.15) is 49.7 Å². The van der Waals surface area contributed by atoms with Crippen molar-refractivity contribution in [1.82, 2.24) is 5.32 Å². The molecular weight excluding hydrogens is 269 g/mol. The van der Waals surface area contributed by atoms with Gasteiger partial charge in [-0.15, -0.1) is 0 Å². The minimum absolute atomic E-state index is 0.0569. The van der Waals surface area contributed by atoms with Crippen LogP contribution in [0.5, 0.6) is 0 Å². The Balaban J connectivity index is 1.85. The van der Waals surface area contributed by atoms with Gasteiger partial charge in [0, 0.05) is 12.1 Å². The zero-order valence-corrected chi connectivity index (χ0v) is 12.3. The standard InChI is InChI=1S/C16H24FN3O/c17-14-7-6-13(15(10-14)16(18)20-21)11-19-9-8-12-4-2-1-3-5-12/h6-7,10,12,19,21H,1-5,8-9,11H2,(H2,18,20). The maximum absolute atomic E-state index is 13.3. The molecule has 0 atom stereocenters. The molecule has 116 valence electrons. The molecule has 4 N–H and O–H groups in total. The summed E-state index contributed by atoms with van der Waals surface area (Å²) in [7, 11) is 0. The van der Waals surface area contributed by atoms with Gasteiger partial charge in [0.15, 0.2) is 5.84 Å². The van der Waals surface area contributed by atoms with Gasteiger partial charge in [0.2, 0.25) is 0 Å². The molecular formula is C16H24FN3O. The van der Waals surface area contributed by atoms with Gasteiger partial charge in [0.25, 0.3) is 0 Å². The minimum Gasteiger partial charge on any atom is -0.409 e. The Bertz CT molecular complexity index is 484. The fraction of sp³-hybridized carbons (Fsp3) is 0.562. The van der Waals surface area contributed by atoms with E-state index >= 15 is 0 Å². The number of hydrogen-bond acceptors (Lipinski definition) is 3. The van der Waals surface area contributed by atoms with Crippen LogP contribution in [-0.2, 0) is 6.54 Å². The Morgan fingerprint density at radius 3 is 2.81 bits per heavy atom. The highest BCUT2D eigenvalue weighted by Crippen LogP contribution is 2.25. The molecule has 0 heterocycles. The van der Waals surface area contributed by atoms with Crippen LogP contribution in [0.3, 0.4) is 0 Å². The molecule has 0 aromatic heterocycles. The second-order valence-electron chi connectivity index (χ2n) is 5.76. The zero-order chi connectivity index (χ0) is 15.1. The molecule has 1 fully saturated rings. The SMILES string of the molecule is NC(=NO)c1cc(F)ccc1CNCCC1CCCCC1. The monoisotopic (exact) mass is 293 g/mol. The summed E-state index contributed by atoms with van der Waals surface area (Å²) in [4.78, 5) is 0. The summed E-state index contributed by atoms with van der Waals surface area (Å²) in [6, 6.07) is 4.37. The average Bonchev–Trinajstić information content (AvgIpc) is 2.53. The molecule has 0 amide bonds. The van der Waals surface area contributed by atoms with Crippen molar-refractivity contribution in [2.45, 2.75) is 45.1 Å². The number of nitrogens with one attached hydrogen (secondary N) is 1. The van der Waals surface area contributed by atoms with E-state index in [9.17, 15) is 4.39 Å². The predicted octanol–water partition coefficient (Wildman–Crippen LogP) is 2.98. The van der Waals surface area contributed by atoms with Crippen molar-refractivity contribution in [1.29, 1.82) is 0 Å². The van der Waals surface area contributed by atoms with Gasteiger partial charge in [0.1, 0.15) is 5.82 Å². The number of nitrogens with two attached hydrogens (primary N) is 1. The molecule has 1 aromatic rings. The summed E-state index contributed by atoms with van der Waals surface area (Å²) in [6.07, 6.45) is 7.95. The number of nitrogens with zero attached hydrogens (tertiary/aromatic N) is 1.